The van der Waals surface area contributed by atoms with Gasteiger partial charge in [0.25, 0.3) is 0 Å². The Labute approximate surface area is 114 Å². The van der Waals surface area contributed by atoms with E-state index in [-0.39, 0.29) is 12.4 Å². The molecule has 0 bridgehead atoms. The first kappa shape index (κ1) is 14.3. The summed E-state index contributed by atoms with van der Waals surface area (Å²) in [6.07, 6.45) is 4.21. The van der Waals surface area contributed by atoms with E-state index in [2.05, 4.69) is 24.1 Å². The molecule has 1 aliphatic carbocycles. The topological polar surface area (TPSA) is 65.4 Å². The van der Waals surface area contributed by atoms with Crippen molar-refractivity contribution in [3.05, 3.63) is 23.0 Å². The van der Waals surface area contributed by atoms with Crippen molar-refractivity contribution in [1.82, 2.24) is 10.3 Å². The van der Waals surface area contributed by atoms with Gasteiger partial charge >= 0.3 is 0 Å². The van der Waals surface area contributed by atoms with Crippen molar-refractivity contribution in [2.24, 2.45) is 11.3 Å². The second-order valence-corrected chi connectivity index (χ2v) is 5.97. The van der Waals surface area contributed by atoms with Crippen LogP contribution in [0.4, 0.5) is 0 Å². The van der Waals surface area contributed by atoms with Crippen molar-refractivity contribution >= 4 is 0 Å². The van der Waals surface area contributed by atoms with Crippen LogP contribution in [-0.4, -0.2) is 21.7 Å². The summed E-state index contributed by atoms with van der Waals surface area (Å²) in [7, 11) is 0. The zero-order chi connectivity index (χ0) is 14.0. The molecule has 0 amide bonds. The van der Waals surface area contributed by atoms with Crippen molar-refractivity contribution in [2.75, 3.05) is 6.54 Å². The molecule has 0 radical (unpaired) electrons. The van der Waals surface area contributed by atoms with Gasteiger partial charge in [0.15, 0.2) is 0 Å². The number of aliphatic hydroxyl groups is 1. The molecule has 0 unspecified atom stereocenters. The number of nitrogens with one attached hydrogen (secondary N) is 1. The highest BCUT2D eigenvalue weighted by atomic mass is 16.3. The molecule has 4 nitrogen and oxygen atoms in total. The van der Waals surface area contributed by atoms with Gasteiger partial charge in [-0.2, -0.15) is 0 Å². The highest BCUT2D eigenvalue weighted by Crippen LogP contribution is 2.51. The lowest BCUT2D eigenvalue weighted by atomic mass is 9.92. The Bertz CT molecular complexity index is 454. The molecule has 2 rings (SSSR count). The molecule has 0 aliphatic heterocycles. The monoisotopic (exact) mass is 264 g/mol. The molecule has 106 valence electrons. The maximum atomic E-state index is 10.1. The second kappa shape index (κ2) is 5.47. The first-order valence-electron chi connectivity index (χ1n) is 6.98. The second-order valence-electron chi connectivity index (χ2n) is 5.97. The van der Waals surface area contributed by atoms with Crippen LogP contribution in [0.2, 0.25) is 0 Å². The van der Waals surface area contributed by atoms with Crippen LogP contribution in [0.5, 0.6) is 5.75 Å². The first-order valence-corrected chi connectivity index (χ1v) is 6.98. The molecule has 1 saturated carbocycles. The number of nitrogens with zero attached hydrogens (tertiary/aromatic N) is 1. The van der Waals surface area contributed by atoms with Crippen molar-refractivity contribution < 1.29 is 10.2 Å². The molecule has 0 aromatic carbocycles. The fourth-order valence-electron chi connectivity index (χ4n) is 2.57. The van der Waals surface area contributed by atoms with Crippen LogP contribution in [0.25, 0.3) is 0 Å². The lowest BCUT2D eigenvalue weighted by molar-refractivity contribution is 0.278. The third-order valence-electron chi connectivity index (χ3n) is 4.50. The van der Waals surface area contributed by atoms with E-state index < -0.39 is 0 Å². The van der Waals surface area contributed by atoms with Gasteiger partial charge in [0, 0.05) is 30.4 Å². The minimum atomic E-state index is -0.0901. The normalized spacial score (nSPS) is 16.9. The van der Waals surface area contributed by atoms with Crippen LogP contribution in [0.1, 0.15) is 43.5 Å². The average molecular weight is 264 g/mol. The quantitative estimate of drug-likeness (QED) is 0.736. The van der Waals surface area contributed by atoms with Crippen LogP contribution < -0.4 is 5.32 Å². The molecule has 1 aliphatic rings. The highest BCUT2D eigenvalue weighted by Gasteiger charge is 2.44. The Hall–Kier alpha value is -1.13. The van der Waals surface area contributed by atoms with E-state index in [1.807, 2.05) is 0 Å². The lowest BCUT2D eigenvalue weighted by Gasteiger charge is -2.21. The number of hydrogen-bond acceptors (Lipinski definition) is 4. The van der Waals surface area contributed by atoms with Gasteiger partial charge in [0.05, 0.1) is 12.3 Å². The van der Waals surface area contributed by atoms with Gasteiger partial charge in [-0.05, 0) is 31.1 Å². The SMILES string of the molecule is Cc1ncc(CO)c(CNCC2(C(C)C)CC2)c1O. The number of rotatable bonds is 6. The lowest BCUT2D eigenvalue weighted by Crippen LogP contribution is -2.27. The summed E-state index contributed by atoms with van der Waals surface area (Å²) in [5.41, 5.74) is 2.52. The maximum absolute atomic E-state index is 10.1. The van der Waals surface area contributed by atoms with Crippen molar-refractivity contribution in [2.45, 2.75) is 46.8 Å². The number of aromatic hydroxyl groups is 1. The summed E-state index contributed by atoms with van der Waals surface area (Å²) in [6, 6.07) is 0. The largest absolute Gasteiger partial charge is 0.506 e. The van der Waals surface area contributed by atoms with Gasteiger partial charge in [-0.25, -0.2) is 0 Å². The van der Waals surface area contributed by atoms with Crippen LogP contribution in [0, 0.1) is 18.3 Å². The fraction of sp³-hybridized carbons (Fsp3) is 0.667. The van der Waals surface area contributed by atoms with Crippen LogP contribution in [0.15, 0.2) is 6.20 Å². The Morgan fingerprint density at radius 2 is 2.11 bits per heavy atom. The number of hydrogen-bond donors (Lipinski definition) is 3. The molecule has 0 saturated heterocycles. The molecule has 1 aromatic rings. The molecular formula is C15H24N2O2. The van der Waals surface area contributed by atoms with Gasteiger partial charge in [0.2, 0.25) is 0 Å². The molecular weight excluding hydrogens is 240 g/mol. The fourth-order valence-corrected chi connectivity index (χ4v) is 2.57. The minimum Gasteiger partial charge on any atom is -0.506 e. The summed E-state index contributed by atoms with van der Waals surface area (Å²) in [4.78, 5) is 4.07. The van der Waals surface area contributed by atoms with E-state index in [0.29, 0.717) is 29.1 Å². The predicted octanol–water partition coefficient (Wildman–Crippen LogP) is 2.11. The number of aryl methyl sites for hydroxylation is 1. The third-order valence-corrected chi connectivity index (χ3v) is 4.50. The van der Waals surface area contributed by atoms with E-state index in [4.69, 9.17) is 0 Å². The summed E-state index contributed by atoms with van der Waals surface area (Å²) in [5.74, 6) is 0.888. The van der Waals surface area contributed by atoms with Crippen LogP contribution in [0.3, 0.4) is 0 Å². The highest BCUT2D eigenvalue weighted by molar-refractivity contribution is 5.40. The van der Waals surface area contributed by atoms with Gasteiger partial charge in [0.1, 0.15) is 5.75 Å². The predicted molar refractivity (Wildman–Crippen MR) is 74.8 cm³/mol. The van der Waals surface area contributed by atoms with E-state index in [1.165, 1.54) is 12.8 Å². The van der Waals surface area contributed by atoms with Gasteiger partial charge < -0.3 is 15.5 Å². The standard InChI is InChI=1S/C15H24N2O2/c1-10(2)15(4-5-15)9-16-7-13-12(8-18)6-17-11(3)14(13)19/h6,10,16,18-19H,4-5,7-9H2,1-3H3. The van der Waals surface area contributed by atoms with E-state index in [0.717, 1.165) is 12.1 Å². The average Bonchev–Trinajstić information content (AvgIpc) is 3.16. The zero-order valence-corrected chi connectivity index (χ0v) is 12.0. The number of pyridine rings is 1. The molecule has 19 heavy (non-hydrogen) atoms. The summed E-state index contributed by atoms with van der Waals surface area (Å²) in [5, 5.41) is 22.8. The molecule has 1 aromatic heterocycles. The molecule has 0 spiro atoms. The van der Waals surface area contributed by atoms with Crippen LogP contribution >= 0.6 is 0 Å². The summed E-state index contributed by atoms with van der Waals surface area (Å²) >= 11 is 0. The van der Waals surface area contributed by atoms with Crippen LogP contribution in [-0.2, 0) is 13.2 Å². The van der Waals surface area contributed by atoms with Crippen molar-refractivity contribution in [3.8, 4) is 5.75 Å². The Kier molecular flexibility index (Phi) is 4.11. The maximum Gasteiger partial charge on any atom is 0.141 e. The smallest absolute Gasteiger partial charge is 0.141 e. The van der Waals surface area contributed by atoms with E-state index >= 15 is 0 Å². The van der Waals surface area contributed by atoms with E-state index in [1.54, 1.807) is 13.1 Å². The molecule has 1 fully saturated rings. The van der Waals surface area contributed by atoms with Crippen molar-refractivity contribution in [3.63, 3.8) is 0 Å². The summed E-state index contributed by atoms with van der Waals surface area (Å²) < 4.78 is 0. The van der Waals surface area contributed by atoms with Gasteiger partial charge in [-0.3, -0.25) is 4.98 Å². The third kappa shape index (κ3) is 2.90. The molecule has 4 heteroatoms. The van der Waals surface area contributed by atoms with Gasteiger partial charge in [-0.15, -0.1) is 0 Å². The van der Waals surface area contributed by atoms with Gasteiger partial charge in [-0.1, -0.05) is 13.8 Å². The molecule has 1 heterocycles. The Morgan fingerprint density at radius 1 is 1.42 bits per heavy atom. The minimum absolute atomic E-state index is 0.0901. The Balaban J connectivity index is 2.01. The Morgan fingerprint density at radius 3 is 2.63 bits per heavy atom. The number of aromatic nitrogens is 1. The zero-order valence-electron chi connectivity index (χ0n) is 12.0. The summed E-state index contributed by atoms with van der Waals surface area (Å²) in [6.45, 7) is 7.77. The van der Waals surface area contributed by atoms with Crippen molar-refractivity contribution in [1.29, 1.82) is 0 Å². The van der Waals surface area contributed by atoms with E-state index in [9.17, 15) is 10.2 Å². The first-order chi connectivity index (χ1) is 9.00. The molecule has 3 N–H and O–H groups in total. The molecule has 0 atom stereocenters. The number of aliphatic hydroxyl groups excluding tert-OH is 1.